The quantitative estimate of drug-likeness (QED) is 0.793. The second kappa shape index (κ2) is 5.74. The van der Waals surface area contributed by atoms with Gasteiger partial charge in [-0.15, -0.1) is 10.2 Å². The van der Waals surface area contributed by atoms with Crippen LogP contribution in [0.5, 0.6) is 0 Å². The fourth-order valence-electron chi connectivity index (χ4n) is 1.32. The number of nitrogens with two attached hydrogens (primary N) is 1. The highest BCUT2D eigenvalue weighted by Gasteiger charge is 2.17. The van der Waals surface area contributed by atoms with E-state index in [1.54, 1.807) is 0 Å². The number of nitrogens with one attached hydrogen (secondary N) is 1. The Labute approximate surface area is 106 Å². The van der Waals surface area contributed by atoms with Gasteiger partial charge in [-0.2, -0.15) is 11.8 Å². The van der Waals surface area contributed by atoms with Gasteiger partial charge in [0.05, 0.1) is 5.75 Å². The van der Waals surface area contributed by atoms with Crippen LogP contribution in [0, 0.1) is 0 Å². The van der Waals surface area contributed by atoms with Crippen LogP contribution in [0.25, 0.3) is 0 Å². The normalized spacial score (nSPS) is 19.9. The first-order valence-electron chi connectivity index (χ1n) is 4.83. The zero-order valence-electron chi connectivity index (χ0n) is 8.51. The molecule has 8 heteroatoms. The minimum Gasteiger partial charge on any atom is -0.374 e. The molecule has 1 amide bonds. The lowest BCUT2D eigenvalue weighted by Gasteiger charge is -2.09. The first kappa shape index (κ1) is 12.0. The molecule has 1 aromatic rings. The average Bonchev–Trinajstić information content (AvgIpc) is 2.87. The van der Waals surface area contributed by atoms with Gasteiger partial charge in [-0.05, 0) is 12.2 Å². The summed E-state index contributed by atoms with van der Waals surface area (Å²) in [7, 11) is 0. The highest BCUT2D eigenvalue weighted by atomic mass is 32.2. The van der Waals surface area contributed by atoms with Gasteiger partial charge in [-0.1, -0.05) is 23.1 Å². The molecule has 88 valence electrons. The van der Waals surface area contributed by atoms with E-state index < -0.39 is 0 Å². The SMILES string of the molecule is Nc1nnc(SCC(=O)NC2CCSC2)s1. The summed E-state index contributed by atoms with van der Waals surface area (Å²) in [6, 6.07) is 0.345. The van der Waals surface area contributed by atoms with Gasteiger partial charge in [0.25, 0.3) is 0 Å². The molecule has 5 nitrogen and oxygen atoms in total. The maximum absolute atomic E-state index is 11.6. The Kier molecular flexibility index (Phi) is 4.30. The summed E-state index contributed by atoms with van der Waals surface area (Å²) in [4.78, 5) is 11.6. The van der Waals surface area contributed by atoms with Crippen LogP contribution in [0.3, 0.4) is 0 Å². The van der Waals surface area contributed by atoms with Crippen molar-refractivity contribution in [2.75, 3.05) is 23.0 Å². The lowest BCUT2D eigenvalue weighted by molar-refractivity contribution is -0.119. The van der Waals surface area contributed by atoms with E-state index in [1.165, 1.54) is 23.1 Å². The van der Waals surface area contributed by atoms with Gasteiger partial charge in [0.15, 0.2) is 4.34 Å². The van der Waals surface area contributed by atoms with Crippen LogP contribution >= 0.6 is 34.9 Å². The molecule has 0 spiro atoms. The Morgan fingerprint density at radius 3 is 3.12 bits per heavy atom. The van der Waals surface area contributed by atoms with Crippen molar-refractivity contribution >= 4 is 45.9 Å². The van der Waals surface area contributed by atoms with E-state index in [4.69, 9.17) is 5.73 Å². The van der Waals surface area contributed by atoms with E-state index in [2.05, 4.69) is 15.5 Å². The molecule has 0 saturated carbocycles. The van der Waals surface area contributed by atoms with Gasteiger partial charge in [-0.3, -0.25) is 4.79 Å². The van der Waals surface area contributed by atoms with Crippen LogP contribution in [-0.2, 0) is 4.79 Å². The zero-order chi connectivity index (χ0) is 11.4. The molecular weight excluding hydrogens is 264 g/mol. The van der Waals surface area contributed by atoms with Crippen LogP contribution in [0.4, 0.5) is 5.13 Å². The van der Waals surface area contributed by atoms with Crippen LogP contribution < -0.4 is 11.1 Å². The maximum Gasteiger partial charge on any atom is 0.230 e. The Bertz CT molecular complexity index is 364. The third-order valence-electron chi connectivity index (χ3n) is 2.04. The molecule has 3 N–H and O–H groups in total. The second-order valence-corrected chi connectivity index (χ2v) is 6.70. The number of carbonyl (C=O) groups excluding carboxylic acids is 1. The van der Waals surface area contributed by atoms with Gasteiger partial charge in [0.2, 0.25) is 11.0 Å². The summed E-state index contributed by atoms with van der Waals surface area (Å²) in [5, 5.41) is 11.0. The lowest BCUT2D eigenvalue weighted by atomic mass is 10.3. The highest BCUT2D eigenvalue weighted by molar-refractivity contribution is 8.01. The molecule has 1 aliphatic heterocycles. The molecule has 0 radical (unpaired) electrons. The van der Waals surface area contributed by atoms with E-state index in [0.717, 1.165) is 22.3 Å². The van der Waals surface area contributed by atoms with Crippen LogP contribution in [0.15, 0.2) is 4.34 Å². The van der Waals surface area contributed by atoms with E-state index in [9.17, 15) is 4.79 Å². The number of nitrogens with zero attached hydrogens (tertiary/aromatic N) is 2. The van der Waals surface area contributed by atoms with Crippen molar-refractivity contribution < 1.29 is 4.79 Å². The molecule has 1 fully saturated rings. The predicted octanol–water partition coefficient (Wildman–Crippen LogP) is 0.834. The number of rotatable bonds is 4. The largest absolute Gasteiger partial charge is 0.374 e. The molecule has 16 heavy (non-hydrogen) atoms. The summed E-state index contributed by atoms with van der Waals surface area (Å²) in [6.45, 7) is 0. The Hall–Kier alpha value is -0.470. The van der Waals surface area contributed by atoms with Crippen molar-refractivity contribution in [1.29, 1.82) is 0 Å². The fraction of sp³-hybridized carbons (Fsp3) is 0.625. The van der Waals surface area contributed by atoms with Gasteiger partial charge in [0.1, 0.15) is 0 Å². The molecule has 1 aromatic heterocycles. The number of nitrogen functional groups attached to an aromatic ring is 1. The fourth-order valence-corrected chi connectivity index (χ4v) is 3.92. The van der Waals surface area contributed by atoms with Crippen LogP contribution in [0.2, 0.25) is 0 Å². The summed E-state index contributed by atoms with van der Waals surface area (Å²) < 4.78 is 0.744. The molecule has 1 unspecified atom stereocenters. The Balaban J connectivity index is 1.71. The standard InChI is InChI=1S/C8H12N4OS3/c9-7-11-12-8(16-7)15-4-6(13)10-5-1-2-14-3-5/h5H,1-4H2,(H2,9,11)(H,10,13). The maximum atomic E-state index is 11.6. The first-order valence-corrected chi connectivity index (χ1v) is 7.78. The number of hydrogen-bond acceptors (Lipinski definition) is 7. The molecule has 0 bridgehead atoms. The molecule has 1 aliphatic rings. The average molecular weight is 276 g/mol. The predicted molar refractivity (Wildman–Crippen MR) is 68.9 cm³/mol. The van der Waals surface area contributed by atoms with Gasteiger partial charge < -0.3 is 11.1 Å². The molecule has 1 saturated heterocycles. The Morgan fingerprint density at radius 2 is 2.50 bits per heavy atom. The number of carbonyl (C=O) groups is 1. The highest BCUT2D eigenvalue weighted by Crippen LogP contribution is 2.23. The van der Waals surface area contributed by atoms with Crippen LogP contribution in [0.1, 0.15) is 6.42 Å². The molecule has 2 rings (SSSR count). The van der Waals surface area contributed by atoms with Gasteiger partial charge in [0, 0.05) is 11.8 Å². The topological polar surface area (TPSA) is 80.9 Å². The molecule has 0 aliphatic carbocycles. The molecule has 0 aromatic carbocycles. The number of thioether (sulfide) groups is 2. The zero-order valence-corrected chi connectivity index (χ0v) is 11.0. The van der Waals surface area contributed by atoms with Crippen molar-refractivity contribution in [1.82, 2.24) is 15.5 Å². The molecule has 1 atom stereocenters. The number of anilines is 1. The van der Waals surface area contributed by atoms with Crippen molar-refractivity contribution in [3.63, 3.8) is 0 Å². The van der Waals surface area contributed by atoms with Crippen molar-refractivity contribution in [3.05, 3.63) is 0 Å². The molecular formula is C8H12N4OS3. The second-order valence-electron chi connectivity index (χ2n) is 3.32. The number of amides is 1. The lowest BCUT2D eigenvalue weighted by Crippen LogP contribution is -2.35. The van der Waals surface area contributed by atoms with Crippen molar-refractivity contribution in [2.24, 2.45) is 0 Å². The molecule has 2 heterocycles. The third-order valence-corrected chi connectivity index (χ3v) is 5.09. The van der Waals surface area contributed by atoms with Crippen molar-refractivity contribution in [2.45, 2.75) is 16.8 Å². The van der Waals surface area contributed by atoms with Crippen molar-refractivity contribution in [3.8, 4) is 0 Å². The third kappa shape index (κ3) is 3.53. The summed E-state index contributed by atoms with van der Waals surface area (Å²) in [6.07, 6.45) is 1.08. The van der Waals surface area contributed by atoms with Gasteiger partial charge >= 0.3 is 0 Å². The first-order chi connectivity index (χ1) is 7.74. The summed E-state index contributed by atoms with van der Waals surface area (Å²) >= 11 is 4.57. The number of hydrogen-bond donors (Lipinski definition) is 2. The van der Waals surface area contributed by atoms with E-state index in [1.807, 2.05) is 11.8 Å². The van der Waals surface area contributed by atoms with Gasteiger partial charge in [-0.25, -0.2) is 0 Å². The summed E-state index contributed by atoms with van der Waals surface area (Å²) in [5.74, 6) is 2.62. The van der Waals surface area contributed by atoms with E-state index >= 15 is 0 Å². The Morgan fingerprint density at radius 1 is 1.62 bits per heavy atom. The minimum atomic E-state index is 0.0614. The van der Waals surface area contributed by atoms with E-state index in [-0.39, 0.29) is 5.91 Å². The van der Waals surface area contributed by atoms with E-state index in [0.29, 0.717) is 16.9 Å². The minimum absolute atomic E-state index is 0.0614. The van der Waals surface area contributed by atoms with Crippen LogP contribution in [-0.4, -0.2) is 39.4 Å². The number of aromatic nitrogens is 2. The summed E-state index contributed by atoms with van der Waals surface area (Å²) in [5.41, 5.74) is 5.45. The smallest absolute Gasteiger partial charge is 0.230 e. The monoisotopic (exact) mass is 276 g/mol.